The van der Waals surface area contributed by atoms with E-state index in [9.17, 15) is 8.42 Å². The Hall–Kier alpha value is 0.120. The number of hydrogen-bond donors (Lipinski definition) is 2. The van der Waals surface area contributed by atoms with Crippen LogP contribution in [0.2, 0.25) is 0 Å². The lowest BCUT2D eigenvalue weighted by atomic mass is 10.2. The molecule has 18 heavy (non-hydrogen) atoms. The highest BCUT2D eigenvalue weighted by molar-refractivity contribution is 7.89. The first-order chi connectivity index (χ1) is 8.16. The smallest absolute Gasteiger partial charge is 0.214 e. The third-order valence-electron chi connectivity index (χ3n) is 3.41. The van der Waals surface area contributed by atoms with E-state index in [2.05, 4.69) is 10.0 Å². The maximum Gasteiger partial charge on any atom is 0.214 e. The third kappa shape index (κ3) is 5.40. The SMILES string of the molecule is Cl.O=S(=O)(CC1CCCO1)NCC[C@H]1CCCN1. The molecular formula is C11H23ClN2O3S. The van der Waals surface area contributed by atoms with Crippen molar-refractivity contribution in [3.05, 3.63) is 0 Å². The van der Waals surface area contributed by atoms with Gasteiger partial charge in [-0.1, -0.05) is 0 Å². The summed E-state index contributed by atoms with van der Waals surface area (Å²) in [6, 6.07) is 0.487. The molecule has 0 aromatic carbocycles. The van der Waals surface area contributed by atoms with Crippen molar-refractivity contribution < 1.29 is 13.2 Å². The van der Waals surface area contributed by atoms with Crippen LogP contribution in [0.25, 0.3) is 0 Å². The predicted octanol–water partition coefficient (Wildman–Crippen LogP) is 0.649. The van der Waals surface area contributed by atoms with Crippen LogP contribution in [0.4, 0.5) is 0 Å². The van der Waals surface area contributed by atoms with Crippen LogP contribution < -0.4 is 10.0 Å². The second-order valence-electron chi connectivity index (χ2n) is 4.89. The Balaban J connectivity index is 0.00000162. The van der Waals surface area contributed by atoms with E-state index in [0.29, 0.717) is 19.2 Å². The molecule has 0 aromatic rings. The molecule has 0 spiro atoms. The molecule has 1 unspecified atom stereocenters. The van der Waals surface area contributed by atoms with Crippen molar-refractivity contribution in [1.82, 2.24) is 10.0 Å². The first-order valence-electron chi connectivity index (χ1n) is 6.48. The molecule has 0 aromatic heterocycles. The molecule has 0 saturated carbocycles. The minimum absolute atomic E-state index is 0. The molecule has 2 N–H and O–H groups in total. The Bertz CT molecular complexity index is 325. The van der Waals surface area contributed by atoms with Crippen LogP contribution in [0.5, 0.6) is 0 Å². The van der Waals surface area contributed by atoms with Crippen molar-refractivity contribution >= 4 is 22.4 Å². The Morgan fingerprint density at radius 3 is 2.72 bits per heavy atom. The van der Waals surface area contributed by atoms with Gasteiger partial charge in [0.2, 0.25) is 10.0 Å². The molecule has 0 radical (unpaired) electrons. The lowest BCUT2D eigenvalue weighted by molar-refractivity contribution is 0.127. The minimum Gasteiger partial charge on any atom is -0.377 e. The van der Waals surface area contributed by atoms with Gasteiger partial charge in [-0.15, -0.1) is 12.4 Å². The molecule has 2 heterocycles. The van der Waals surface area contributed by atoms with E-state index < -0.39 is 10.0 Å². The molecule has 108 valence electrons. The molecule has 5 nitrogen and oxygen atoms in total. The number of sulfonamides is 1. The zero-order valence-corrected chi connectivity index (χ0v) is 12.2. The van der Waals surface area contributed by atoms with Crippen molar-refractivity contribution in [1.29, 1.82) is 0 Å². The van der Waals surface area contributed by atoms with Crippen molar-refractivity contribution in [3.63, 3.8) is 0 Å². The Kier molecular flexibility index (Phi) is 6.87. The van der Waals surface area contributed by atoms with Gasteiger partial charge >= 0.3 is 0 Å². The molecule has 2 rings (SSSR count). The van der Waals surface area contributed by atoms with Crippen molar-refractivity contribution in [2.45, 2.75) is 44.2 Å². The Labute approximate surface area is 116 Å². The molecule has 2 aliphatic rings. The summed E-state index contributed by atoms with van der Waals surface area (Å²) in [5.41, 5.74) is 0. The minimum atomic E-state index is -3.16. The van der Waals surface area contributed by atoms with Gasteiger partial charge in [0.1, 0.15) is 0 Å². The fraction of sp³-hybridized carbons (Fsp3) is 1.00. The maximum atomic E-state index is 11.7. The largest absolute Gasteiger partial charge is 0.377 e. The van der Waals surface area contributed by atoms with E-state index in [1.165, 1.54) is 6.42 Å². The summed E-state index contributed by atoms with van der Waals surface area (Å²) in [5.74, 6) is 0.116. The molecule has 2 fully saturated rings. The fourth-order valence-electron chi connectivity index (χ4n) is 2.47. The highest BCUT2D eigenvalue weighted by Gasteiger charge is 2.23. The van der Waals surface area contributed by atoms with Crippen LogP contribution in [0, 0.1) is 0 Å². The Morgan fingerprint density at radius 2 is 2.11 bits per heavy atom. The van der Waals surface area contributed by atoms with E-state index in [1.54, 1.807) is 0 Å². The summed E-state index contributed by atoms with van der Waals surface area (Å²) in [6.45, 7) is 2.30. The number of rotatable bonds is 6. The topological polar surface area (TPSA) is 67.4 Å². The molecule has 0 aliphatic carbocycles. The van der Waals surface area contributed by atoms with Crippen LogP contribution in [0.1, 0.15) is 32.1 Å². The summed E-state index contributed by atoms with van der Waals surface area (Å²) in [6.07, 6.45) is 4.99. The molecule has 7 heteroatoms. The van der Waals surface area contributed by atoms with E-state index in [4.69, 9.17) is 4.74 Å². The zero-order chi connectivity index (χ0) is 12.1. The molecule has 2 saturated heterocycles. The van der Waals surface area contributed by atoms with Crippen LogP contribution in [0.15, 0.2) is 0 Å². The first kappa shape index (κ1) is 16.2. The number of nitrogens with one attached hydrogen (secondary N) is 2. The van der Waals surface area contributed by atoms with E-state index in [0.717, 1.165) is 32.2 Å². The van der Waals surface area contributed by atoms with Crippen LogP contribution in [-0.2, 0) is 14.8 Å². The lowest BCUT2D eigenvalue weighted by Crippen LogP contribution is -2.35. The third-order valence-corrected chi connectivity index (χ3v) is 4.86. The lowest BCUT2D eigenvalue weighted by Gasteiger charge is -2.13. The number of hydrogen-bond acceptors (Lipinski definition) is 4. The van der Waals surface area contributed by atoms with Gasteiger partial charge in [-0.3, -0.25) is 0 Å². The van der Waals surface area contributed by atoms with E-state index in [1.807, 2.05) is 0 Å². The highest BCUT2D eigenvalue weighted by Crippen LogP contribution is 2.13. The van der Waals surface area contributed by atoms with Gasteiger partial charge < -0.3 is 10.1 Å². The predicted molar refractivity (Wildman–Crippen MR) is 73.7 cm³/mol. The van der Waals surface area contributed by atoms with Gasteiger partial charge in [0.15, 0.2) is 0 Å². The molecular weight excluding hydrogens is 276 g/mol. The van der Waals surface area contributed by atoms with Crippen LogP contribution in [0.3, 0.4) is 0 Å². The summed E-state index contributed by atoms with van der Waals surface area (Å²) in [4.78, 5) is 0. The monoisotopic (exact) mass is 298 g/mol. The van der Waals surface area contributed by atoms with Gasteiger partial charge in [-0.05, 0) is 38.6 Å². The fourth-order valence-corrected chi connectivity index (χ4v) is 3.77. The van der Waals surface area contributed by atoms with Crippen molar-refractivity contribution in [2.75, 3.05) is 25.4 Å². The molecule has 0 amide bonds. The maximum absolute atomic E-state index is 11.7. The summed E-state index contributed by atoms with van der Waals surface area (Å²) < 4.78 is 31.5. The average molecular weight is 299 g/mol. The highest BCUT2D eigenvalue weighted by atomic mass is 35.5. The second kappa shape index (κ2) is 7.65. The van der Waals surface area contributed by atoms with Gasteiger partial charge in [-0.25, -0.2) is 13.1 Å². The quantitative estimate of drug-likeness (QED) is 0.755. The van der Waals surface area contributed by atoms with Gasteiger partial charge in [-0.2, -0.15) is 0 Å². The average Bonchev–Trinajstić information content (AvgIpc) is 2.89. The van der Waals surface area contributed by atoms with E-state index >= 15 is 0 Å². The van der Waals surface area contributed by atoms with Crippen LogP contribution in [-0.4, -0.2) is 46.0 Å². The van der Waals surface area contributed by atoms with Crippen LogP contribution >= 0.6 is 12.4 Å². The normalized spacial score (nSPS) is 28.2. The summed E-state index contributed by atoms with van der Waals surface area (Å²) >= 11 is 0. The summed E-state index contributed by atoms with van der Waals surface area (Å²) in [7, 11) is -3.16. The van der Waals surface area contributed by atoms with Crippen molar-refractivity contribution in [2.24, 2.45) is 0 Å². The van der Waals surface area contributed by atoms with Gasteiger partial charge in [0.05, 0.1) is 11.9 Å². The second-order valence-corrected chi connectivity index (χ2v) is 6.74. The molecule has 2 aliphatic heterocycles. The summed E-state index contributed by atoms with van der Waals surface area (Å²) in [5, 5.41) is 3.36. The number of ether oxygens (including phenoxy) is 1. The van der Waals surface area contributed by atoms with Gasteiger partial charge in [0.25, 0.3) is 0 Å². The van der Waals surface area contributed by atoms with E-state index in [-0.39, 0.29) is 24.3 Å². The zero-order valence-electron chi connectivity index (χ0n) is 10.6. The standard InChI is InChI=1S/C11H22N2O3S.ClH/c14-17(15,9-11-4-2-8-16-11)13-7-5-10-3-1-6-12-10;/h10-13H,1-9H2;1H/t10-,11?;/m1./s1. The first-order valence-corrected chi connectivity index (χ1v) is 8.13. The van der Waals surface area contributed by atoms with Gasteiger partial charge in [0, 0.05) is 19.2 Å². The molecule has 0 bridgehead atoms. The number of halogens is 1. The Morgan fingerprint density at radius 1 is 1.28 bits per heavy atom. The van der Waals surface area contributed by atoms with Crippen molar-refractivity contribution in [3.8, 4) is 0 Å². The molecule has 2 atom stereocenters.